The fraction of sp³-hybridized carbons (Fsp3) is 0.524. The van der Waals surface area contributed by atoms with E-state index in [0.717, 1.165) is 43.6 Å². The van der Waals surface area contributed by atoms with Gasteiger partial charge in [0.15, 0.2) is 0 Å². The van der Waals surface area contributed by atoms with E-state index in [0.29, 0.717) is 19.5 Å². The first-order valence-electron chi connectivity index (χ1n) is 9.99. The largest absolute Gasteiger partial charge is 0.481 e. The minimum Gasteiger partial charge on any atom is -0.481 e. The molecule has 2 aromatic rings. The van der Waals surface area contributed by atoms with E-state index in [2.05, 4.69) is 17.9 Å². The highest BCUT2D eigenvalue weighted by Crippen LogP contribution is 2.40. The van der Waals surface area contributed by atoms with Crippen LogP contribution in [0.4, 0.5) is 4.79 Å². The van der Waals surface area contributed by atoms with Crippen LogP contribution in [0.1, 0.15) is 49.9 Å². The first kappa shape index (κ1) is 18.0. The molecule has 0 saturated carbocycles. The van der Waals surface area contributed by atoms with Crippen LogP contribution in [0.15, 0.2) is 24.3 Å². The Bertz CT molecular complexity index is 873. The zero-order valence-electron chi connectivity index (χ0n) is 15.9. The number of unbranched alkanes of at least 4 members (excludes halogenated alkanes) is 1. The second-order valence-corrected chi connectivity index (χ2v) is 7.60. The van der Waals surface area contributed by atoms with Crippen molar-refractivity contribution in [2.45, 2.75) is 45.1 Å². The molecule has 1 aromatic heterocycles. The topological polar surface area (TPSA) is 65.8 Å². The number of hydrogen-bond acceptors (Lipinski definition) is 3. The van der Waals surface area contributed by atoms with Crippen molar-refractivity contribution in [2.24, 2.45) is 0 Å². The SMILES string of the molecule is CCCCN1CCc2c3n(c4ccccc24)C(=O)N(CCCC(=O)O)CC31. The lowest BCUT2D eigenvalue weighted by molar-refractivity contribution is -0.137. The van der Waals surface area contributed by atoms with Crippen LogP contribution in [0.3, 0.4) is 0 Å². The molecule has 6 nitrogen and oxygen atoms in total. The predicted octanol–water partition coefficient (Wildman–Crippen LogP) is 3.49. The molecule has 1 N–H and O–H groups in total. The lowest BCUT2D eigenvalue weighted by Gasteiger charge is -2.43. The van der Waals surface area contributed by atoms with Crippen molar-refractivity contribution in [3.8, 4) is 0 Å². The Hall–Kier alpha value is -2.34. The van der Waals surface area contributed by atoms with Crippen molar-refractivity contribution in [2.75, 3.05) is 26.2 Å². The van der Waals surface area contributed by atoms with E-state index in [-0.39, 0.29) is 18.5 Å². The van der Waals surface area contributed by atoms with Crippen molar-refractivity contribution in [1.29, 1.82) is 0 Å². The van der Waals surface area contributed by atoms with E-state index in [1.807, 2.05) is 27.7 Å². The second kappa shape index (κ2) is 7.35. The molecule has 0 spiro atoms. The number of fused-ring (bicyclic) bond motifs is 3. The molecule has 27 heavy (non-hydrogen) atoms. The van der Waals surface area contributed by atoms with Crippen LogP contribution >= 0.6 is 0 Å². The van der Waals surface area contributed by atoms with E-state index in [4.69, 9.17) is 5.11 Å². The first-order valence-corrected chi connectivity index (χ1v) is 9.99. The minimum absolute atomic E-state index is 0.00793. The molecule has 1 atom stereocenters. The molecule has 1 unspecified atom stereocenters. The maximum absolute atomic E-state index is 13.2. The minimum atomic E-state index is -0.809. The lowest BCUT2D eigenvalue weighted by Crippen LogP contribution is -2.51. The molecule has 6 heteroatoms. The van der Waals surface area contributed by atoms with Gasteiger partial charge in [0.2, 0.25) is 0 Å². The Morgan fingerprint density at radius 3 is 2.81 bits per heavy atom. The van der Waals surface area contributed by atoms with Crippen molar-refractivity contribution in [1.82, 2.24) is 14.4 Å². The average molecular weight is 369 g/mol. The zero-order valence-corrected chi connectivity index (χ0v) is 15.9. The van der Waals surface area contributed by atoms with Gasteiger partial charge in [-0.2, -0.15) is 0 Å². The highest BCUT2D eigenvalue weighted by molar-refractivity contribution is 5.96. The Morgan fingerprint density at radius 2 is 2.04 bits per heavy atom. The van der Waals surface area contributed by atoms with Gasteiger partial charge in [0.1, 0.15) is 0 Å². The van der Waals surface area contributed by atoms with Gasteiger partial charge in [-0.25, -0.2) is 4.79 Å². The van der Waals surface area contributed by atoms with E-state index in [1.165, 1.54) is 10.9 Å². The molecule has 3 heterocycles. The van der Waals surface area contributed by atoms with Gasteiger partial charge in [-0.15, -0.1) is 0 Å². The highest BCUT2D eigenvalue weighted by Gasteiger charge is 2.40. The molecule has 0 radical (unpaired) electrons. The number of carboxylic acid groups (broad SMARTS) is 1. The fourth-order valence-corrected chi connectivity index (χ4v) is 4.60. The third kappa shape index (κ3) is 3.12. The lowest BCUT2D eigenvalue weighted by atomic mass is 9.95. The summed E-state index contributed by atoms with van der Waals surface area (Å²) in [7, 11) is 0. The first-order chi connectivity index (χ1) is 13.1. The Balaban J connectivity index is 1.73. The van der Waals surface area contributed by atoms with Gasteiger partial charge in [-0.3, -0.25) is 14.3 Å². The summed E-state index contributed by atoms with van der Waals surface area (Å²) in [5.74, 6) is -0.809. The van der Waals surface area contributed by atoms with Crippen LogP contribution < -0.4 is 0 Å². The summed E-state index contributed by atoms with van der Waals surface area (Å²) in [4.78, 5) is 28.5. The summed E-state index contributed by atoms with van der Waals surface area (Å²) >= 11 is 0. The summed E-state index contributed by atoms with van der Waals surface area (Å²) in [6.45, 7) is 5.41. The number of benzene rings is 1. The van der Waals surface area contributed by atoms with Crippen molar-refractivity contribution in [3.63, 3.8) is 0 Å². The second-order valence-electron chi connectivity index (χ2n) is 7.60. The van der Waals surface area contributed by atoms with Gasteiger partial charge >= 0.3 is 12.0 Å². The number of nitrogens with zero attached hydrogens (tertiary/aromatic N) is 3. The average Bonchev–Trinajstić information content (AvgIpc) is 3.00. The molecular formula is C21H27N3O3. The number of rotatable bonds is 7. The number of amides is 1. The molecule has 0 aliphatic carbocycles. The highest BCUT2D eigenvalue weighted by atomic mass is 16.4. The van der Waals surface area contributed by atoms with E-state index < -0.39 is 5.97 Å². The van der Waals surface area contributed by atoms with Crippen LogP contribution in [-0.4, -0.2) is 57.7 Å². The predicted molar refractivity (Wildman–Crippen MR) is 104 cm³/mol. The molecule has 0 bridgehead atoms. The molecular weight excluding hydrogens is 342 g/mol. The smallest absolute Gasteiger partial charge is 0.328 e. The molecule has 0 fully saturated rings. The summed E-state index contributed by atoms with van der Waals surface area (Å²) in [6, 6.07) is 8.37. The summed E-state index contributed by atoms with van der Waals surface area (Å²) < 4.78 is 1.90. The number of aliphatic carboxylic acids is 1. The normalized spacial score (nSPS) is 19.5. The summed E-state index contributed by atoms with van der Waals surface area (Å²) in [5, 5.41) is 10.1. The number of carbonyl (C=O) groups is 2. The number of hydrogen-bond donors (Lipinski definition) is 1. The van der Waals surface area contributed by atoms with Gasteiger partial charge in [-0.05, 0) is 37.4 Å². The van der Waals surface area contributed by atoms with Crippen molar-refractivity contribution in [3.05, 3.63) is 35.5 Å². The molecule has 4 rings (SSSR count). The molecule has 0 saturated heterocycles. The standard InChI is InChI=1S/C21H27N3O3/c1-2-3-11-22-13-10-16-15-7-4-5-8-17(15)24-20(16)18(22)14-23(21(24)27)12-6-9-19(25)26/h4-5,7-8,18H,2-3,6,9-14H2,1H3,(H,25,26). The van der Waals surface area contributed by atoms with Gasteiger partial charge in [0.05, 0.1) is 17.3 Å². The molecule has 144 valence electrons. The number of para-hydroxylation sites is 1. The summed E-state index contributed by atoms with van der Waals surface area (Å²) in [5.41, 5.74) is 3.47. The summed E-state index contributed by atoms with van der Waals surface area (Å²) in [6.07, 6.45) is 3.87. The van der Waals surface area contributed by atoms with Gasteiger partial charge in [0, 0.05) is 31.4 Å². The third-order valence-electron chi connectivity index (χ3n) is 5.90. The molecule has 1 amide bonds. The Kier molecular flexibility index (Phi) is 4.91. The number of carboxylic acids is 1. The Morgan fingerprint density at radius 1 is 1.22 bits per heavy atom. The van der Waals surface area contributed by atoms with E-state index in [1.54, 1.807) is 0 Å². The van der Waals surface area contributed by atoms with Crippen LogP contribution in [0.5, 0.6) is 0 Å². The van der Waals surface area contributed by atoms with E-state index >= 15 is 0 Å². The molecule has 2 aliphatic rings. The van der Waals surface area contributed by atoms with E-state index in [9.17, 15) is 9.59 Å². The van der Waals surface area contributed by atoms with Crippen LogP contribution in [0.25, 0.3) is 10.9 Å². The van der Waals surface area contributed by atoms with Gasteiger partial charge in [0.25, 0.3) is 0 Å². The molecule has 1 aromatic carbocycles. The number of carbonyl (C=O) groups excluding carboxylic acids is 1. The van der Waals surface area contributed by atoms with Crippen LogP contribution in [-0.2, 0) is 11.2 Å². The maximum atomic E-state index is 13.2. The number of aromatic nitrogens is 1. The third-order valence-corrected chi connectivity index (χ3v) is 5.90. The van der Waals surface area contributed by atoms with Crippen LogP contribution in [0, 0.1) is 0 Å². The van der Waals surface area contributed by atoms with Crippen molar-refractivity contribution < 1.29 is 14.7 Å². The van der Waals surface area contributed by atoms with Crippen LogP contribution in [0.2, 0.25) is 0 Å². The van der Waals surface area contributed by atoms with Gasteiger partial charge in [-0.1, -0.05) is 31.5 Å². The fourth-order valence-electron chi connectivity index (χ4n) is 4.60. The quantitative estimate of drug-likeness (QED) is 0.811. The van der Waals surface area contributed by atoms with Gasteiger partial charge < -0.3 is 10.0 Å². The molecule has 2 aliphatic heterocycles. The Labute approximate surface area is 159 Å². The monoisotopic (exact) mass is 369 g/mol. The zero-order chi connectivity index (χ0) is 19.0. The van der Waals surface area contributed by atoms with Crippen molar-refractivity contribution >= 4 is 22.9 Å². The maximum Gasteiger partial charge on any atom is 0.328 e.